The second kappa shape index (κ2) is 6.74. The van der Waals surface area contributed by atoms with Crippen molar-refractivity contribution in [2.45, 2.75) is 19.4 Å². The molecular weight excluding hydrogens is 276 g/mol. The number of carbonyl (C=O) groups is 1. The van der Waals surface area contributed by atoms with Crippen LogP contribution >= 0.6 is 11.6 Å². The van der Waals surface area contributed by atoms with E-state index >= 15 is 0 Å². The summed E-state index contributed by atoms with van der Waals surface area (Å²) in [6.07, 6.45) is 1.64. The molecule has 4 nitrogen and oxygen atoms in total. The molecule has 0 N–H and O–H groups in total. The van der Waals surface area contributed by atoms with Crippen LogP contribution in [0.15, 0.2) is 18.2 Å². The maximum atomic E-state index is 11.5. The van der Waals surface area contributed by atoms with Gasteiger partial charge in [0.15, 0.2) is 0 Å². The number of carbonyl (C=O) groups excluding carboxylic acids is 1. The van der Waals surface area contributed by atoms with Gasteiger partial charge in [-0.3, -0.25) is 9.69 Å². The highest BCUT2D eigenvalue weighted by Crippen LogP contribution is 2.23. The van der Waals surface area contributed by atoms with Crippen LogP contribution in [0.2, 0.25) is 5.02 Å². The molecule has 2 rings (SSSR count). The fourth-order valence-corrected chi connectivity index (χ4v) is 2.72. The van der Waals surface area contributed by atoms with E-state index < -0.39 is 0 Å². The highest BCUT2D eigenvalue weighted by Gasteiger charge is 2.25. The first-order chi connectivity index (χ1) is 9.63. The molecule has 1 fully saturated rings. The Labute approximate surface area is 123 Å². The number of halogens is 1. The average molecular weight is 293 g/mol. The Kier molecular flexibility index (Phi) is 4.99. The number of hydrogen-bond acceptors (Lipinski definition) is 4. The molecule has 1 saturated heterocycles. The summed E-state index contributed by atoms with van der Waals surface area (Å²) in [6, 6.07) is 7.44. The zero-order valence-electron chi connectivity index (χ0n) is 11.4. The highest BCUT2D eigenvalue weighted by atomic mass is 35.5. The summed E-state index contributed by atoms with van der Waals surface area (Å²) in [6.45, 7) is 2.46. The summed E-state index contributed by atoms with van der Waals surface area (Å²) in [4.78, 5) is 13.7. The van der Waals surface area contributed by atoms with Gasteiger partial charge < -0.3 is 4.74 Å². The van der Waals surface area contributed by atoms with Gasteiger partial charge in [-0.15, -0.1) is 0 Å². The van der Waals surface area contributed by atoms with Crippen molar-refractivity contribution in [1.82, 2.24) is 4.90 Å². The minimum Gasteiger partial charge on any atom is -0.469 e. The largest absolute Gasteiger partial charge is 0.469 e. The van der Waals surface area contributed by atoms with E-state index in [0.717, 1.165) is 38.0 Å². The van der Waals surface area contributed by atoms with E-state index in [0.29, 0.717) is 10.6 Å². The van der Waals surface area contributed by atoms with Crippen LogP contribution in [0.3, 0.4) is 0 Å². The van der Waals surface area contributed by atoms with Crippen LogP contribution in [0.4, 0.5) is 0 Å². The molecule has 1 heterocycles. The van der Waals surface area contributed by atoms with Crippen molar-refractivity contribution in [2.75, 3.05) is 20.2 Å². The Morgan fingerprint density at radius 1 is 1.50 bits per heavy atom. The molecule has 0 saturated carbocycles. The Morgan fingerprint density at radius 3 is 2.75 bits per heavy atom. The summed E-state index contributed by atoms with van der Waals surface area (Å²) in [5.41, 5.74) is 1.59. The molecule has 0 spiro atoms. The normalized spacial score (nSPS) is 16.6. The second-order valence-electron chi connectivity index (χ2n) is 4.99. The Morgan fingerprint density at radius 2 is 2.20 bits per heavy atom. The molecule has 1 aromatic carbocycles. The Hall–Kier alpha value is -1.57. The quantitative estimate of drug-likeness (QED) is 0.804. The first-order valence-electron chi connectivity index (χ1n) is 6.62. The monoisotopic (exact) mass is 292 g/mol. The molecule has 0 aliphatic carbocycles. The lowest BCUT2D eigenvalue weighted by Crippen LogP contribution is -2.36. The van der Waals surface area contributed by atoms with Crippen molar-refractivity contribution in [3.63, 3.8) is 0 Å². The van der Waals surface area contributed by atoms with Gasteiger partial charge in [0.25, 0.3) is 0 Å². The van der Waals surface area contributed by atoms with E-state index in [1.807, 2.05) is 6.07 Å². The number of esters is 1. The van der Waals surface area contributed by atoms with Crippen molar-refractivity contribution in [2.24, 2.45) is 5.92 Å². The molecular formula is C15H17ClN2O2. The van der Waals surface area contributed by atoms with E-state index in [-0.39, 0.29) is 11.9 Å². The van der Waals surface area contributed by atoms with E-state index in [9.17, 15) is 4.79 Å². The molecule has 1 aliphatic rings. The fourth-order valence-electron chi connectivity index (χ4n) is 2.48. The molecule has 1 aromatic rings. The van der Waals surface area contributed by atoms with Gasteiger partial charge in [-0.25, -0.2) is 0 Å². The number of ether oxygens (including phenoxy) is 1. The summed E-state index contributed by atoms with van der Waals surface area (Å²) in [7, 11) is 1.44. The molecule has 1 aliphatic heterocycles. The molecule has 106 valence electrons. The number of methoxy groups -OCH3 is 1. The van der Waals surface area contributed by atoms with Crippen LogP contribution < -0.4 is 0 Å². The first kappa shape index (κ1) is 14.8. The van der Waals surface area contributed by atoms with Gasteiger partial charge in [0.05, 0.1) is 24.7 Å². The molecule has 0 bridgehead atoms. The van der Waals surface area contributed by atoms with E-state index in [1.165, 1.54) is 7.11 Å². The zero-order chi connectivity index (χ0) is 14.5. The van der Waals surface area contributed by atoms with Gasteiger partial charge in [-0.1, -0.05) is 17.7 Å². The molecule has 0 atom stereocenters. The number of rotatable bonds is 3. The predicted octanol–water partition coefficient (Wildman–Crippen LogP) is 2.60. The zero-order valence-corrected chi connectivity index (χ0v) is 12.2. The smallest absolute Gasteiger partial charge is 0.308 e. The molecule has 20 heavy (non-hydrogen) atoms. The van der Waals surface area contributed by atoms with Crippen molar-refractivity contribution < 1.29 is 9.53 Å². The maximum absolute atomic E-state index is 11.5. The molecule has 0 amide bonds. The van der Waals surface area contributed by atoms with Gasteiger partial charge in [-0.05, 0) is 43.6 Å². The first-order valence-corrected chi connectivity index (χ1v) is 7.00. The second-order valence-corrected chi connectivity index (χ2v) is 5.40. The summed E-state index contributed by atoms with van der Waals surface area (Å²) >= 11 is 6.18. The van der Waals surface area contributed by atoms with Crippen LogP contribution in [0.5, 0.6) is 0 Å². The van der Waals surface area contributed by atoms with Gasteiger partial charge in [0, 0.05) is 11.6 Å². The van der Waals surface area contributed by atoms with Crippen molar-refractivity contribution in [3.05, 3.63) is 34.3 Å². The van der Waals surface area contributed by atoms with Gasteiger partial charge in [0.1, 0.15) is 0 Å². The van der Waals surface area contributed by atoms with E-state index in [1.54, 1.807) is 12.1 Å². The van der Waals surface area contributed by atoms with Gasteiger partial charge >= 0.3 is 5.97 Å². The number of piperidine rings is 1. The maximum Gasteiger partial charge on any atom is 0.308 e. The number of hydrogen-bond donors (Lipinski definition) is 0. The van der Waals surface area contributed by atoms with E-state index in [2.05, 4.69) is 11.0 Å². The predicted molar refractivity (Wildman–Crippen MR) is 76.2 cm³/mol. The highest BCUT2D eigenvalue weighted by molar-refractivity contribution is 6.31. The lowest BCUT2D eigenvalue weighted by atomic mass is 9.96. The van der Waals surface area contributed by atoms with Gasteiger partial charge in [0.2, 0.25) is 0 Å². The molecule has 0 unspecified atom stereocenters. The van der Waals surface area contributed by atoms with Crippen LogP contribution in [-0.4, -0.2) is 31.1 Å². The molecule has 5 heteroatoms. The van der Waals surface area contributed by atoms with Crippen molar-refractivity contribution in [1.29, 1.82) is 5.26 Å². The van der Waals surface area contributed by atoms with Crippen LogP contribution in [0, 0.1) is 17.2 Å². The van der Waals surface area contributed by atoms with E-state index in [4.69, 9.17) is 21.6 Å². The topological polar surface area (TPSA) is 53.3 Å². The number of nitrogens with zero attached hydrogens (tertiary/aromatic N) is 2. The third-order valence-electron chi connectivity index (χ3n) is 3.70. The molecule has 0 aromatic heterocycles. The Bertz CT molecular complexity index is 531. The summed E-state index contributed by atoms with van der Waals surface area (Å²) in [5, 5.41) is 9.44. The number of benzene rings is 1. The molecule has 0 radical (unpaired) electrons. The fraction of sp³-hybridized carbons (Fsp3) is 0.467. The lowest BCUT2D eigenvalue weighted by Gasteiger charge is -2.30. The van der Waals surface area contributed by atoms with Crippen LogP contribution in [0.25, 0.3) is 0 Å². The number of nitriles is 1. The third kappa shape index (κ3) is 3.50. The number of likely N-dealkylation sites (tertiary alicyclic amines) is 1. The van der Waals surface area contributed by atoms with Crippen molar-refractivity contribution >= 4 is 17.6 Å². The summed E-state index contributed by atoms with van der Waals surface area (Å²) < 4.78 is 4.78. The SMILES string of the molecule is COC(=O)C1CCN(Cc2ccc(C#N)cc2Cl)CC1. The minimum atomic E-state index is -0.110. The van der Waals surface area contributed by atoms with Crippen LogP contribution in [-0.2, 0) is 16.1 Å². The minimum absolute atomic E-state index is 0.0210. The third-order valence-corrected chi connectivity index (χ3v) is 4.05. The average Bonchev–Trinajstić information content (AvgIpc) is 2.49. The van der Waals surface area contributed by atoms with Crippen LogP contribution in [0.1, 0.15) is 24.0 Å². The summed E-state index contributed by atoms with van der Waals surface area (Å²) in [5.74, 6) is -0.0891. The van der Waals surface area contributed by atoms with Gasteiger partial charge in [-0.2, -0.15) is 5.26 Å². The standard InChI is InChI=1S/C15H17ClN2O2/c1-20-15(19)12-4-6-18(7-5-12)10-13-3-2-11(9-17)8-14(13)16/h2-3,8,12H,4-7,10H2,1H3. The lowest BCUT2D eigenvalue weighted by molar-refractivity contribution is -0.147. The van der Waals surface area contributed by atoms with Crippen molar-refractivity contribution in [3.8, 4) is 6.07 Å². The Balaban J connectivity index is 1.93.